The van der Waals surface area contributed by atoms with Crippen LogP contribution in [0.1, 0.15) is 42.4 Å². The van der Waals surface area contributed by atoms with Crippen molar-refractivity contribution < 1.29 is 22.7 Å². The number of carbonyl (C=O) groups is 1. The lowest BCUT2D eigenvalue weighted by molar-refractivity contribution is -0.150. The minimum absolute atomic E-state index is 0.000162. The Balaban J connectivity index is 1.38. The third kappa shape index (κ3) is 3.81. The molecule has 1 atom stereocenters. The van der Waals surface area contributed by atoms with Gasteiger partial charge in [-0.3, -0.25) is 4.79 Å². The molecule has 1 aliphatic carbocycles. The number of benzene rings is 2. The fraction of sp³-hybridized carbons (Fsp3) is 0.273. The van der Waals surface area contributed by atoms with Gasteiger partial charge in [-0.05, 0) is 42.5 Å². The smallest absolute Gasteiger partial charge is 0.306 e. The van der Waals surface area contributed by atoms with Crippen LogP contribution >= 0.6 is 0 Å². The van der Waals surface area contributed by atoms with Gasteiger partial charge in [0.25, 0.3) is 0 Å². The summed E-state index contributed by atoms with van der Waals surface area (Å²) in [6.45, 7) is 0. The van der Waals surface area contributed by atoms with Gasteiger partial charge in [0, 0.05) is 6.42 Å². The molecule has 1 aliphatic rings. The minimum Gasteiger partial charge on any atom is -0.457 e. The number of hydrogen-bond acceptors (Lipinski definition) is 4. The quantitative estimate of drug-likeness (QED) is 0.570. The second-order valence-corrected chi connectivity index (χ2v) is 6.78. The first kappa shape index (κ1) is 18.3. The molecule has 6 heteroatoms. The first-order chi connectivity index (χ1) is 13.6. The summed E-state index contributed by atoms with van der Waals surface area (Å²) in [6.07, 6.45) is 4.09. The Bertz CT molecular complexity index is 979. The number of aryl methyl sites for hydroxylation is 2. The average molecular weight is 383 g/mol. The predicted molar refractivity (Wildman–Crippen MR) is 98.4 cm³/mol. The van der Waals surface area contributed by atoms with E-state index in [0.717, 1.165) is 37.0 Å². The van der Waals surface area contributed by atoms with Crippen molar-refractivity contribution in [2.24, 2.45) is 0 Å². The molecule has 4 rings (SSSR count). The number of rotatable bonds is 5. The van der Waals surface area contributed by atoms with Gasteiger partial charge in [-0.25, -0.2) is 13.8 Å². The summed E-state index contributed by atoms with van der Waals surface area (Å²) >= 11 is 0. The lowest BCUT2D eigenvalue weighted by atomic mass is 9.89. The average Bonchev–Trinajstić information content (AvgIpc) is 3.15. The fourth-order valence-corrected chi connectivity index (χ4v) is 3.53. The monoisotopic (exact) mass is 383 g/mol. The van der Waals surface area contributed by atoms with Crippen molar-refractivity contribution in [1.29, 1.82) is 0 Å². The Morgan fingerprint density at radius 3 is 2.75 bits per heavy atom. The zero-order chi connectivity index (χ0) is 19.5. The first-order valence-electron chi connectivity index (χ1n) is 9.28. The number of carbonyl (C=O) groups excluding carboxylic acids is 1. The van der Waals surface area contributed by atoms with Gasteiger partial charge in [-0.15, -0.1) is 0 Å². The minimum atomic E-state index is -0.724. The molecule has 1 heterocycles. The zero-order valence-electron chi connectivity index (χ0n) is 15.2. The first-order valence-corrected chi connectivity index (χ1v) is 9.28. The Morgan fingerprint density at radius 2 is 1.93 bits per heavy atom. The van der Waals surface area contributed by atoms with Gasteiger partial charge in [-0.1, -0.05) is 30.3 Å². The Morgan fingerprint density at radius 1 is 1.14 bits per heavy atom. The SMILES string of the molecule is O=C(CCc1ncc(-c2c(F)cccc2F)o1)O[C@@H]1CCCc2ccccc21. The normalized spacial score (nSPS) is 15.9. The molecular formula is C22H19F2NO3. The summed E-state index contributed by atoms with van der Waals surface area (Å²) in [6, 6.07) is 11.6. The zero-order valence-corrected chi connectivity index (χ0v) is 15.2. The Kier molecular flexibility index (Phi) is 5.19. The van der Waals surface area contributed by atoms with Gasteiger partial charge in [0.2, 0.25) is 0 Å². The van der Waals surface area contributed by atoms with E-state index in [2.05, 4.69) is 11.1 Å². The number of esters is 1. The van der Waals surface area contributed by atoms with E-state index in [9.17, 15) is 13.6 Å². The van der Waals surface area contributed by atoms with Crippen molar-refractivity contribution in [2.45, 2.75) is 38.2 Å². The highest BCUT2D eigenvalue weighted by molar-refractivity contribution is 5.70. The van der Waals surface area contributed by atoms with E-state index in [4.69, 9.17) is 9.15 Å². The van der Waals surface area contributed by atoms with Gasteiger partial charge in [0.05, 0.1) is 18.2 Å². The lowest BCUT2D eigenvalue weighted by Gasteiger charge is -2.25. The van der Waals surface area contributed by atoms with Gasteiger partial charge < -0.3 is 9.15 Å². The lowest BCUT2D eigenvalue weighted by Crippen LogP contribution is -2.17. The van der Waals surface area contributed by atoms with E-state index < -0.39 is 11.6 Å². The number of nitrogens with zero attached hydrogens (tertiary/aromatic N) is 1. The van der Waals surface area contributed by atoms with Crippen LogP contribution in [0, 0.1) is 11.6 Å². The molecule has 0 fully saturated rings. The molecule has 3 aromatic rings. The molecule has 0 amide bonds. The summed E-state index contributed by atoms with van der Waals surface area (Å²) in [5.74, 6) is -1.56. The maximum atomic E-state index is 13.8. The molecule has 1 aromatic heterocycles. The third-order valence-electron chi connectivity index (χ3n) is 4.89. The predicted octanol–water partition coefficient (Wildman–Crippen LogP) is 5.17. The van der Waals surface area contributed by atoms with E-state index in [1.165, 1.54) is 17.8 Å². The third-order valence-corrected chi connectivity index (χ3v) is 4.89. The van der Waals surface area contributed by atoms with E-state index in [1.54, 1.807) is 0 Å². The number of hydrogen-bond donors (Lipinski definition) is 0. The molecule has 0 radical (unpaired) electrons. The van der Waals surface area contributed by atoms with Crippen LogP contribution in [0.15, 0.2) is 53.1 Å². The van der Waals surface area contributed by atoms with Crippen LogP contribution in [0.25, 0.3) is 11.3 Å². The van der Waals surface area contributed by atoms with Crippen molar-refractivity contribution in [3.8, 4) is 11.3 Å². The topological polar surface area (TPSA) is 52.3 Å². The van der Waals surface area contributed by atoms with Crippen LogP contribution in [0.3, 0.4) is 0 Å². The van der Waals surface area contributed by atoms with Crippen LogP contribution in [0.4, 0.5) is 8.78 Å². The van der Waals surface area contributed by atoms with Crippen molar-refractivity contribution in [3.63, 3.8) is 0 Å². The van der Waals surface area contributed by atoms with E-state index >= 15 is 0 Å². The van der Waals surface area contributed by atoms with Crippen LogP contribution < -0.4 is 0 Å². The van der Waals surface area contributed by atoms with Crippen molar-refractivity contribution in [2.75, 3.05) is 0 Å². The molecule has 0 saturated heterocycles. The highest BCUT2D eigenvalue weighted by atomic mass is 19.1. The summed E-state index contributed by atoms with van der Waals surface area (Å²) in [7, 11) is 0. The molecular weight excluding hydrogens is 364 g/mol. The summed E-state index contributed by atoms with van der Waals surface area (Å²) in [4.78, 5) is 16.3. The molecule has 2 aromatic carbocycles. The van der Waals surface area contributed by atoms with E-state index in [0.29, 0.717) is 0 Å². The van der Waals surface area contributed by atoms with Gasteiger partial charge >= 0.3 is 5.97 Å². The van der Waals surface area contributed by atoms with Crippen LogP contribution in [0.2, 0.25) is 0 Å². The van der Waals surface area contributed by atoms with Gasteiger partial charge in [0.15, 0.2) is 11.7 Å². The van der Waals surface area contributed by atoms with Crippen LogP contribution in [0.5, 0.6) is 0 Å². The molecule has 0 unspecified atom stereocenters. The van der Waals surface area contributed by atoms with Crippen molar-refractivity contribution in [1.82, 2.24) is 4.98 Å². The molecule has 4 nitrogen and oxygen atoms in total. The van der Waals surface area contributed by atoms with Crippen LogP contribution in [-0.4, -0.2) is 11.0 Å². The van der Waals surface area contributed by atoms with E-state index in [-0.39, 0.29) is 42.1 Å². The van der Waals surface area contributed by atoms with Crippen molar-refractivity contribution >= 4 is 5.97 Å². The van der Waals surface area contributed by atoms with Gasteiger partial charge in [0.1, 0.15) is 17.7 Å². The maximum absolute atomic E-state index is 13.8. The largest absolute Gasteiger partial charge is 0.457 e. The number of oxazole rings is 1. The molecule has 28 heavy (non-hydrogen) atoms. The number of ether oxygens (including phenoxy) is 1. The number of halogens is 2. The highest BCUT2D eigenvalue weighted by Gasteiger charge is 2.23. The number of aromatic nitrogens is 1. The molecule has 144 valence electrons. The number of fused-ring (bicyclic) bond motifs is 1. The summed E-state index contributed by atoms with van der Waals surface area (Å²) in [5, 5.41) is 0. The molecule has 0 aliphatic heterocycles. The van der Waals surface area contributed by atoms with Crippen LogP contribution in [-0.2, 0) is 22.4 Å². The van der Waals surface area contributed by atoms with Gasteiger partial charge in [-0.2, -0.15) is 0 Å². The molecule has 0 N–H and O–H groups in total. The molecule has 0 spiro atoms. The second-order valence-electron chi connectivity index (χ2n) is 6.78. The Hall–Kier alpha value is -3.02. The summed E-state index contributed by atoms with van der Waals surface area (Å²) in [5.41, 5.74) is 2.02. The standard InChI is InChI=1S/C22H19F2NO3/c23-16-8-4-9-17(24)22(16)19-13-25-20(27-19)11-12-21(26)28-18-10-3-6-14-5-1-2-7-15(14)18/h1-2,4-5,7-9,13,18H,3,6,10-12H2/t18-/m1/s1. The van der Waals surface area contributed by atoms with Crippen molar-refractivity contribution in [3.05, 3.63) is 77.3 Å². The Labute approximate surface area is 161 Å². The highest BCUT2D eigenvalue weighted by Crippen LogP contribution is 2.33. The molecule has 0 saturated carbocycles. The fourth-order valence-electron chi connectivity index (χ4n) is 3.53. The summed E-state index contributed by atoms with van der Waals surface area (Å²) < 4.78 is 38.7. The van der Waals surface area contributed by atoms with E-state index in [1.807, 2.05) is 18.2 Å². The molecule has 0 bridgehead atoms. The maximum Gasteiger partial charge on any atom is 0.306 e. The second kappa shape index (κ2) is 7.92.